The van der Waals surface area contributed by atoms with Crippen LogP contribution < -0.4 is 0 Å². The Labute approximate surface area is 66.3 Å². The number of rotatable bonds is 6. The zero-order valence-electron chi connectivity index (χ0n) is 6.50. The SMILES string of the molecule is CCOCCC(C=O)SC. The fourth-order valence-corrected chi connectivity index (χ4v) is 1.03. The molecule has 0 N–H and O–H groups in total. The molecule has 0 aliphatic rings. The minimum absolute atomic E-state index is 0.117. The Balaban J connectivity index is 3.17. The third-order valence-corrected chi connectivity index (χ3v) is 2.16. The summed E-state index contributed by atoms with van der Waals surface area (Å²) in [6, 6.07) is 0. The van der Waals surface area contributed by atoms with Gasteiger partial charge in [-0.2, -0.15) is 11.8 Å². The normalized spacial score (nSPS) is 13.0. The van der Waals surface area contributed by atoms with Crippen LogP contribution in [-0.2, 0) is 9.53 Å². The summed E-state index contributed by atoms with van der Waals surface area (Å²) in [6.45, 7) is 3.38. The summed E-state index contributed by atoms with van der Waals surface area (Å²) in [7, 11) is 0. The molecule has 60 valence electrons. The molecule has 0 saturated carbocycles. The molecule has 0 aromatic rings. The smallest absolute Gasteiger partial charge is 0.133 e. The summed E-state index contributed by atoms with van der Waals surface area (Å²) in [6.07, 6.45) is 3.74. The second-order valence-electron chi connectivity index (χ2n) is 1.90. The molecule has 0 radical (unpaired) electrons. The Bertz CT molecular complexity index is 85.7. The number of hydrogen-bond donors (Lipinski definition) is 0. The zero-order valence-corrected chi connectivity index (χ0v) is 7.32. The van der Waals surface area contributed by atoms with Crippen molar-refractivity contribution in [3.8, 4) is 0 Å². The predicted molar refractivity (Wildman–Crippen MR) is 44.5 cm³/mol. The van der Waals surface area contributed by atoms with E-state index in [1.54, 1.807) is 11.8 Å². The number of carbonyl (C=O) groups is 1. The van der Waals surface area contributed by atoms with E-state index in [1.165, 1.54) is 0 Å². The number of carbonyl (C=O) groups excluding carboxylic acids is 1. The number of ether oxygens (including phenoxy) is 1. The van der Waals surface area contributed by atoms with Crippen molar-refractivity contribution in [1.82, 2.24) is 0 Å². The molecule has 10 heavy (non-hydrogen) atoms. The molecule has 3 heteroatoms. The first-order valence-electron chi connectivity index (χ1n) is 3.41. The van der Waals surface area contributed by atoms with Crippen LogP contribution in [0.5, 0.6) is 0 Å². The largest absolute Gasteiger partial charge is 0.382 e. The molecule has 0 spiro atoms. The van der Waals surface area contributed by atoms with E-state index < -0.39 is 0 Å². The molecule has 0 amide bonds. The highest BCUT2D eigenvalue weighted by Gasteiger charge is 2.02. The van der Waals surface area contributed by atoms with Crippen LogP contribution in [0.3, 0.4) is 0 Å². The van der Waals surface area contributed by atoms with Gasteiger partial charge >= 0.3 is 0 Å². The molecule has 0 heterocycles. The second-order valence-corrected chi connectivity index (χ2v) is 2.97. The van der Waals surface area contributed by atoms with Crippen molar-refractivity contribution in [2.75, 3.05) is 19.5 Å². The van der Waals surface area contributed by atoms with Gasteiger partial charge in [-0.25, -0.2) is 0 Å². The summed E-state index contributed by atoms with van der Waals surface area (Å²) in [4.78, 5) is 10.3. The van der Waals surface area contributed by atoms with Crippen LogP contribution in [0, 0.1) is 0 Å². The highest BCUT2D eigenvalue weighted by atomic mass is 32.2. The van der Waals surface area contributed by atoms with Gasteiger partial charge in [-0.15, -0.1) is 0 Å². The highest BCUT2D eigenvalue weighted by molar-refractivity contribution is 7.99. The molecule has 1 unspecified atom stereocenters. The average Bonchev–Trinajstić information content (AvgIpc) is 1.99. The Hall–Kier alpha value is -0.0200. The molecule has 0 saturated heterocycles. The van der Waals surface area contributed by atoms with E-state index in [4.69, 9.17) is 4.74 Å². The third kappa shape index (κ3) is 4.82. The van der Waals surface area contributed by atoms with Crippen LogP contribution in [0.1, 0.15) is 13.3 Å². The van der Waals surface area contributed by atoms with Crippen molar-refractivity contribution in [2.45, 2.75) is 18.6 Å². The molecule has 0 fully saturated rings. The van der Waals surface area contributed by atoms with Gasteiger partial charge in [-0.05, 0) is 19.6 Å². The molecule has 0 bridgehead atoms. The minimum atomic E-state index is 0.117. The summed E-state index contributed by atoms with van der Waals surface area (Å²) in [5.74, 6) is 0. The lowest BCUT2D eigenvalue weighted by atomic mass is 10.3. The van der Waals surface area contributed by atoms with Crippen molar-refractivity contribution in [3.05, 3.63) is 0 Å². The van der Waals surface area contributed by atoms with Gasteiger partial charge in [-0.1, -0.05) is 0 Å². The first-order chi connectivity index (χ1) is 4.85. The Morgan fingerprint density at radius 2 is 2.40 bits per heavy atom. The van der Waals surface area contributed by atoms with Crippen molar-refractivity contribution in [2.24, 2.45) is 0 Å². The maximum absolute atomic E-state index is 10.3. The summed E-state index contributed by atoms with van der Waals surface area (Å²) >= 11 is 1.57. The second kappa shape index (κ2) is 7.09. The molecular formula is C7H14O2S. The molecule has 0 aromatic heterocycles. The van der Waals surface area contributed by atoms with Crippen LogP contribution in [0.2, 0.25) is 0 Å². The first-order valence-corrected chi connectivity index (χ1v) is 4.69. The van der Waals surface area contributed by atoms with Crippen LogP contribution in [-0.4, -0.2) is 31.0 Å². The lowest BCUT2D eigenvalue weighted by Gasteiger charge is -2.05. The zero-order chi connectivity index (χ0) is 7.82. The van der Waals surface area contributed by atoms with Crippen molar-refractivity contribution < 1.29 is 9.53 Å². The number of hydrogen-bond acceptors (Lipinski definition) is 3. The standard InChI is InChI=1S/C7H14O2S/c1-3-9-5-4-7(6-8)10-2/h6-7H,3-5H2,1-2H3. The summed E-state index contributed by atoms with van der Waals surface area (Å²) in [5.41, 5.74) is 0. The van der Waals surface area contributed by atoms with Crippen LogP contribution in [0.25, 0.3) is 0 Å². The predicted octanol–water partition coefficient (Wildman–Crippen LogP) is 1.34. The van der Waals surface area contributed by atoms with Gasteiger partial charge in [0, 0.05) is 13.2 Å². The Morgan fingerprint density at radius 3 is 2.80 bits per heavy atom. The Morgan fingerprint density at radius 1 is 1.70 bits per heavy atom. The van der Waals surface area contributed by atoms with Crippen molar-refractivity contribution >= 4 is 18.0 Å². The van der Waals surface area contributed by atoms with Gasteiger partial charge in [0.2, 0.25) is 0 Å². The fraction of sp³-hybridized carbons (Fsp3) is 0.857. The van der Waals surface area contributed by atoms with Crippen molar-refractivity contribution in [3.63, 3.8) is 0 Å². The maximum atomic E-state index is 10.3. The van der Waals surface area contributed by atoms with Crippen LogP contribution >= 0.6 is 11.8 Å². The van der Waals surface area contributed by atoms with E-state index in [2.05, 4.69) is 0 Å². The maximum Gasteiger partial charge on any atom is 0.133 e. The number of thioether (sulfide) groups is 1. The van der Waals surface area contributed by atoms with Gasteiger partial charge in [-0.3, -0.25) is 0 Å². The van der Waals surface area contributed by atoms with E-state index >= 15 is 0 Å². The molecule has 0 aliphatic heterocycles. The summed E-state index contributed by atoms with van der Waals surface area (Å²) < 4.78 is 5.10. The van der Waals surface area contributed by atoms with Gasteiger partial charge in [0.1, 0.15) is 6.29 Å². The highest BCUT2D eigenvalue weighted by Crippen LogP contribution is 2.07. The van der Waals surface area contributed by atoms with Crippen LogP contribution in [0.4, 0.5) is 0 Å². The fourth-order valence-electron chi connectivity index (χ4n) is 0.585. The monoisotopic (exact) mass is 162 g/mol. The first kappa shape index (κ1) is 9.98. The van der Waals surface area contributed by atoms with E-state index in [9.17, 15) is 4.79 Å². The third-order valence-electron chi connectivity index (χ3n) is 1.21. The Kier molecular flexibility index (Phi) is 7.08. The summed E-state index contributed by atoms with van der Waals surface area (Å²) in [5, 5.41) is 0.117. The molecule has 1 atom stereocenters. The molecule has 0 aliphatic carbocycles. The van der Waals surface area contributed by atoms with Crippen molar-refractivity contribution in [1.29, 1.82) is 0 Å². The van der Waals surface area contributed by atoms with E-state index in [-0.39, 0.29) is 5.25 Å². The van der Waals surface area contributed by atoms with Gasteiger partial charge < -0.3 is 9.53 Å². The topological polar surface area (TPSA) is 26.3 Å². The molecular weight excluding hydrogens is 148 g/mol. The van der Waals surface area contributed by atoms with Gasteiger partial charge in [0.05, 0.1) is 5.25 Å². The molecule has 0 aromatic carbocycles. The lowest BCUT2D eigenvalue weighted by molar-refractivity contribution is -0.107. The minimum Gasteiger partial charge on any atom is -0.382 e. The van der Waals surface area contributed by atoms with E-state index in [1.807, 2.05) is 13.2 Å². The van der Waals surface area contributed by atoms with Gasteiger partial charge in [0.15, 0.2) is 0 Å². The molecule has 0 rings (SSSR count). The average molecular weight is 162 g/mol. The van der Waals surface area contributed by atoms with E-state index in [0.29, 0.717) is 6.61 Å². The number of aldehydes is 1. The quantitative estimate of drug-likeness (QED) is 0.435. The van der Waals surface area contributed by atoms with E-state index in [0.717, 1.165) is 19.3 Å². The molecule has 2 nitrogen and oxygen atoms in total. The lowest BCUT2D eigenvalue weighted by Crippen LogP contribution is -2.07. The van der Waals surface area contributed by atoms with Crippen LogP contribution in [0.15, 0.2) is 0 Å². The van der Waals surface area contributed by atoms with Gasteiger partial charge in [0.25, 0.3) is 0 Å².